The Morgan fingerprint density at radius 1 is 1.59 bits per heavy atom. The third-order valence-electron chi connectivity index (χ3n) is 1.91. The molecule has 0 bridgehead atoms. The number of cyclic esters (lactones) is 1. The van der Waals surface area contributed by atoms with Gasteiger partial charge in [0.25, 0.3) is 5.69 Å². The lowest BCUT2D eigenvalue weighted by Crippen LogP contribution is -2.17. The smallest absolute Gasteiger partial charge is 0.430 e. The van der Waals surface area contributed by atoms with Crippen LogP contribution in [0.2, 0.25) is 0 Å². The minimum Gasteiger partial charge on any atom is -0.446 e. The molecular weight excluding hydrogens is 226 g/mol. The molecule has 0 aliphatic carbocycles. The van der Waals surface area contributed by atoms with E-state index in [-0.39, 0.29) is 16.3 Å². The van der Waals surface area contributed by atoms with Gasteiger partial charge in [0.05, 0.1) is 28.7 Å². The van der Waals surface area contributed by atoms with Gasteiger partial charge in [-0.3, -0.25) is 10.1 Å². The van der Waals surface area contributed by atoms with Crippen molar-refractivity contribution in [1.29, 1.82) is 0 Å². The van der Waals surface area contributed by atoms with Crippen molar-refractivity contribution >= 4 is 18.0 Å². The zero-order chi connectivity index (χ0) is 15.8. The van der Waals surface area contributed by atoms with E-state index in [4.69, 9.17) is 5.48 Å². The molecule has 0 unspecified atom stereocenters. The highest BCUT2D eigenvalue weighted by Gasteiger charge is 2.21. The van der Waals surface area contributed by atoms with Crippen LogP contribution >= 0.6 is 0 Å². The molecule has 1 aliphatic heterocycles. The first-order valence-electron chi connectivity index (χ1n) is 6.47. The third kappa shape index (κ3) is 2.39. The van der Waals surface area contributed by atoms with E-state index in [1.54, 1.807) is 0 Å². The minimum absolute atomic E-state index is 0.0403. The van der Waals surface area contributed by atoms with Crippen LogP contribution in [0.1, 0.15) is 11.0 Å². The van der Waals surface area contributed by atoms with Crippen LogP contribution in [0.15, 0.2) is 29.4 Å². The number of nitro groups is 1. The lowest BCUT2D eigenvalue weighted by atomic mass is 10.2. The number of hydrogen-bond donors (Lipinski definition) is 0. The summed E-state index contributed by atoms with van der Waals surface area (Å²) in [4.78, 5) is 21.6. The normalized spacial score (nSPS) is 24.7. The quantitative estimate of drug-likeness (QED) is 0.453. The average molecular weight is 239 g/mol. The van der Waals surface area contributed by atoms with Gasteiger partial charge in [-0.15, -0.1) is 0 Å². The topological polar surface area (TPSA) is 85.0 Å². The van der Waals surface area contributed by atoms with Gasteiger partial charge in [-0.25, -0.2) is 4.79 Å². The maximum absolute atomic E-state index is 11.4. The summed E-state index contributed by atoms with van der Waals surface area (Å²) in [6.45, 7) is -5.70. The lowest BCUT2D eigenvalue weighted by Gasteiger charge is -2.03. The Balaban J connectivity index is 2.34. The number of para-hydroxylation sites is 1. The first kappa shape index (κ1) is 7.00. The Bertz CT molecular complexity index is 634. The molecule has 1 fully saturated rings. The van der Waals surface area contributed by atoms with Crippen LogP contribution in [0.25, 0.3) is 0 Å². The molecule has 7 nitrogen and oxygen atoms in total. The molecule has 88 valence electrons. The summed E-state index contributed by atoms with van der Waals surface area (Å²) in [7, 11) is 0. The van der Waals surface area contributed by atoms with E-state index in [1.807, 2.05) is 0 Å². The molecule has 1 aromatic carbocycles. The van der Waals surface area contributed by atoms with Crippen molar-refractivity contribution in [2.75, 3.05) is 13.1 Å². The van der Waals surface area contributed by atoms with Crippen molar-refractivity contribution in [3.05, 3.63) is 39.9 Å². The van der Waals surface area contributed by atoms with Gasteiger partial charge in [0.15, 0.2) is 0 Å². The highest BCUT2D eigenvalue weighted by Crippen LogP contribution is 2.15. The van der Waals surface area contributed by atoms with Gasteiger partial charge in [0.2, 0.25) is 0 Å². The molecule has 0 atom stereocenters. The fourth-order valence-electron chi connectivity index (χ4n) is 1.16. The van der Waals surface area contributed by atoms with Crippen LogP contribution in [-0.4, -0.2) is 35.3 Å². The molecule has 2 rings (SSSR count). The average Bonchev–Trinajstić information content (AvgIpc) is 2.52. The molecule has 1 aromatic rings. The molecule has 0 N–H and O–H groups in total. The Hall–Kier alpha value is -2.44. The van der Waals surface area contributed by atoms with Crippen molar-refractivity contribution in [3.63, 3.8) is 0 Å². The van der Waals surface area contributed by atoms with Gasteiger partial charge in [0.1, 0.15) is 6.56 Å². The van der Waals surface area contributed by atoms with Crippen LogP contribution in [0, 0.1) is 10.1 Å². The Morgan fingerprint density at radius 3 is 3.00 bits per heavy atom. The van der Waals surface area contributed by atoms with Crippen molar-refractivity contribution in [3.8, 4) is 0 Å². The number of rotatable bonds is 3. The van der Waals surface area contributed by atoms with Crippen molar-refractivity contribution in [2.45, 2.75) is 0 Å². The number of hydrogen-bond acceptors (Lipinski definition) is 5. The maximum Gasteiger partial charge on any atom is 0.430 e. The lowest BCUT2D eigenvalue weighted by molar-refractivity contribution is -0.385. The number of nitrogens with zero attached hydrogens (tertiary/aromatic N) is 3. The summed E-state index contributed by atoms with van der Waals surface area (Å²) >= 11 is 0. The Kier molecular flexibility index (Phi) is 1.89. The van der Waals surface area contributed by atoms with Crippen molar-refractivity contribution in [2.24, 2.45) is 5.10 Å². The highest BCUT2D eigenvalue weighted by atomic mass is 16.6. The van der Waals surface area contributed by atoms with E-state index < -0.39 is 24.1 Å². The highest BCUT2D eigenvalue weighted by molar-refractivity contribution is 5.86. The fraction of sp³-hybridized carbons (Fsp3) is 0.200. The SMILES string of the molecule is [2H]C1([2H])OC(=O)N(/N=C\c2ccccc2[N+](=O)[O-])C1([2H])[2H]. The van der Waals surface area contributed by atoms with E-state index >= 15 is 0 Å². The number of amides is 1. The van der Waals surface area contributed by atoms with Gasteiger partial charge >= 0.3 is 6.09 Å². The van der Waals surface area contributed by atoms with Gasteiger partial charge in [-0.1, -0.05) is 12.1 Å². The molecule has 0 saturated carbocycles. The third-order valence-corrected chi connectivity index (χ3v) is 1.91. The molecule has 1 amide bonds. The molecular formula is C10H9N3O4. The molecule has 0 radical (unpaired) electrons. The zero-order valence-electron chi connectivity index (χ0n) is 12.4. The molecule has 1 aliphatic rings. The molecule has 1 saturated heterocycles. The first-order chi connectivity index (χ1) is 9.67. The van der Waals surface area contributed by atoms with Crippen LogP contribution < -0.4 is 0 Å². The van der Waals surface area contributed by atoms with E-state index in [2.05, 4.69) is 9.84 Å². The predicted octanol–water partition coefficient (Wildman–Crippen LogP) is 1.38. The summed E-state index contributed by atoms with van der Waals surface area (Å²) in [5.74, 6) is 0. The Labute approximate surface area is 102 Å². The standard InChI is InChI=1S/C10H9N3O4/c14-10-12(5-6-17-10)11-7-8-3-1-2-4-9(8)13(15)16/h1-4,7H,5-6H2/b11-7-/i5D2,6D2. The van der Waals surface area contributed by atoms with E-state index in [9.17, 15) is 14.9 Å². The van der Waals surface area contributed by atoms with Crippen LogP contribution in [0.5, 0.6) is 0 Å². The fourth-order valence-corrected chi connectivity index (χ4v) is 1.16. The summed E-state index contributed by atoms with van der Waals surface area (Å²) in [5, 5.41) is 14.5. The number of hydrazone groups is 1. The molecule has 0 aromatic heterocycles. The second-order valence-electron chi connectivity index (χ2n) is 2.95. The van der Waals surface area contributed by atoms with Crippen LogP contribution in [0.3, 0.4) is 0 Å². The molecule has 1 heterocycles. The van der Waals surface area contributed by atoms with Crippen molar-refractivity contribution in [1.82, 2.24) is 5.01 Å². The van der Waals surface area contributed by atoms with E-state index in [0.29, 0.717) is 0 Å². The number of nitro benzene ring substituents is 1. The maximum atomic E-state index is 11.4. The number of carbonyl (C=O) groups is 1. The van der Waals surface area contributed by atoms with Gasteiger partial charge in [-0.05, 0) is 6.07 Å². The molecule has 0 spiro atoms. The summed E-state index contributed by atoms with van der Waals surface area (Å²) in [6, 6.07) is 5.52. The van der Waals surface area contributed by atoms with Gasteiger partial charge in [-0.2, -0.15) is 10.1 Å². The minimum atomic E-state index is -2.87. The van der Waals surface area contributed by atoms with Crippen molar-refractivity contribution < 1.29 is 19.9 Å². The number of carbonyl (C=O) groups excluding carboxylic acids is 1. The summed E-state index contributed by atoms with van der Waals surface area (Å²) in [6.07, 6.45) is -0.418. The van der Waals surface area contributed by atoms with E-state index in [0.717, 1.165) is 6.21 Å². The van der Waals surface area contributed by atoms with E-state index in [1.165, 1.54) is 24.3 Å². The number of benzene rings is 1. The zero-order valence-corrected chi connectivity index (χ0v) is 8.36. The number of ether oxygens (including phenoxy) is 1. The summed E-state index contributed by atoms with van der Waals surface area (Å²) < 4.78 is 33.8. The first-order valence-corrected chi connectivity index (χ1v) is 4.47. The summed E-state index contributed by atoms with van der Waals surface area (Å²) in [5.41, 5.74) is -0.240. The van der Waals surface area contributed by atoms with Gasteiger partial charge < -0.3 is 4.74 Å². The second kappa shape index (κ2) is 4.60. The predicted molar refractivity (Wildman–Crippen MR) is 58.7 cm³/mol. The Morgan fingerprint density at radius 2 is 2.35 bits per heavy atom. The monoisotopic (exact) mass is 239 g/mol. The van der Waals surface area contributed by atoms with Crippen LogP contribution in [0.4, 0.5) is 10.5 Å². The molecule has 7 heteroatoms. The van der Waals surface area contributed by atoms with Gasteiger partial charge in [0, 0.05) is 6.07 Å². The largest absolute Gasteiger partial charge is 0.446 e. The second-order valence-corrected chi connectivity index (χ2v) is 2.95. The van der Waals surface area contributed by atoms with Crippen LogP contribution in [-0.2, 0) is 4.74 Å². The molecule has 17 heavy (non-hydrogen) atoms.